The van der Waals surface area contributed by atoms with E-state index in [9.17, 15) is 18.0 Å². The molecular formula is C15H14F3NOS. The Morgan fingerprint density at radius 3 is 2.33 bits per heavy atom. The second-order valence-corrected chi connectivity index (χ2v) is 5.53. The molecule has 112 valence electrons. The van der Waals surface area contributed by atoms with Gasteiger partial charge in [-0.1, -0.05) is 12.1 Å². The van der Waals surface area contributed by atoms with E-state index in [1.807, 2.05) is 16.8 Å². The summed E-state index contributed by atoms with van der Waals surface area (Å²) in [6.45, 7) is 0.293. The van der Waals surface area contributed by atoms with Crippen LogP contribution in [0.15, 0.2) is 41.1 Å². The summed E-state index contributed by atoms with van der Waals surface area (Å²) in [5.41, 5.74) is 0.937. The van der Waals surface area contributed by atoms with Crippen molar-refractivity contribution in [2.45, 2.75) is 19.1 Å². The van der Waals surface area contributed by atoms with Gasteiger partial charge in [0.2, 0.25) is 5.91 Å². The number of hydrogen-bond acceptors (Lipinski definition) is 2. The fraction of sp³-hybridized carbons (Fsp3) is 0.267. The molecule has 2 aromatic rings. The van der Waals surface area contributed by atoms with Crippen molar-refractivity contribution < 1.29 is 18.0 Å². The average Bonchev–Trinajstić information content (AvgIpc) is 2.91. The highest BCUT2D eigenvalue weighted by Gasteiger charge is 2.29. The molecule has 2 nitrogen and oxygen atoms in total. The van der Waals surface area contributed by atoms with Crippen molar-refractivity contribution in [2.75, 3.05) is 7.05 Å². The van der Waals surface area contributed by atoms with Crippen LogP contribution in [0.4, 0.5) is 13.2 Å². The van der Waals surface area contributed by atoms with Gasteiger partial charge in [-0.25, -0.2) is 0 Å². The number of hydrogen-bond donors (Lipinski definition) is 0. The van der Waals surface area contributed by atoms with Gasteiger partial charge in [0.15, 0.2) is 0 Å². The molecule has 1 aromatic heterocycles. The van der Waals surface area contributed by atoms with Crippen LogP contribution >= 0.6 is 11.3 Å². The number of rotatable bonds is 4. The molecule has 0 saturated carbocycles. The number of nitrogens with zero attached hydrogens (tertiary/aromatic N) is 1. The molecule has 0 atom stereocenters. The van der Waals surface area contributed by atoms with Crippen LogP contribution in [0, 0.1) is 0 Å². The normalized spacial score (nSPS) is 11.4. The summed E-state index contributed by atoms with van der Waals surface area (Å²) in [4.78, 5) is 13.5. The molecule has 1 heterocycles. The SMILES string of the molecule is CN(Cc1ccc(C(F)(F)F)cc1)C(=O)Cc1ccsc1. The highest BCUT2D eigenvalue weighted by molar-refractivity contribution is 7.07. The van der Waals surface area contributed by atoms with Crippen LogP contribution in [-0.4, -0.2) is 17.9 Å². The number of amides is 1. The predicted octanol–water partition coefficient (Wildman–Crippen LogP) is 3.97. The van der Waals surface area contributed by atoms with Gasteiger partial charge in [0.1, 0.15) is 0 Å². The summed E-state index contributed by atoms with van der Waals surface area (Å²) in [6, 6.07) is 6.75. The van der Waals surface area contributed by atoms with Gasteiger partial charge in [0, 0.05) is 13.6 Å². The molecular weight excluding hydrogens is 299 g/mol. The molecule has 1 aromatic carbocycles. The number of alkyl halides is 3. The average molecular weight is 313 g/mol. The van der Waals surface area contributed by atoms with E-state index in [1.54, 1.807) is 7.05 Å². The van der Waals surface area contributed by atoms with Crippen LogP contribution in [0.3, 0.4) is 0 Å². The molecule has 0 bridgehead atoms. The molecule has 21 heavy (non-hydrogen) atoms. The molecule has 0 aliphatic carbocycles. The van der Waals surface area contributed by atoms with Crippen molar-refractivity contribution in [3.8, 4) is 0 Å². The maximum atomic E-state index is 12.5. The Morgan fingerprint density at radius 2 is 1.81 bits per heavy atom. The molecule has 0 saturated heterocycles. The first-order valence-electron chi connectivity index (χ1n) is 6.27. The molecule has 6 heteroatoms. The van der Waals surface area contributed by atoms with Crippen LogP contribution in [0.1, 0.15) is 16.7 Å². The zero-order chi connectivity index (χ0) is 15.5. The number of halogens is 3. The second-order valence-electron chi connectivity index (χ2n) is 4.75. The Kier molecular flexibility index (Phi) is 4.67. The minimum absolute atomic E-state index is 0.0618. The van der Waals surface area contributed by atoms with E-state index in [2.05, 4.69) is 0 Å². The first kappa shape index (κ1) is 15.6. The lowest BCUT2D eigenvalue weighted by Gasteiger charge is -2.17. The van der Waals surface area contributed by atoms with E-state index in [0.717, 1.165) is 17.7 Å². The van der Waals surface area contributed by atoms with E-state index in [-0.39, 0.29) is 5.91 Å². The summed E-state index contributed by atoms with van der Waals surface area (Å²) in [5.74, 6) is -0.0618. The Labute approximate surface area is 124 Å². The molecule has 0 fully saturated rings. The Hall–Kier alpha value is -1.82. The van der Waals surface area contributed by atoms with Gasteiger partial charge in [-0.05, 0) is 40.1 Å². The van der Waals surface area contributed by atoms with Crippen LogP contribution in [-0.2, 0) is 23.9 Å². The molecule has 2 rings (SSSR count). The van der Waals surface area contributed by atoms with Gasteiger partial charge in [-0.3, -0.25) is 4.79 Å². The van der Waals surface area contributed by atoms with E-state index < -0.39 is 11.7 Å². The Balaban J connectivity index is 1.96. The summed E-state index contributed by atoms with van der Waals surface area (Å²) in [5, 5.41) is 3.81. The second kappa shape index (κ2) is 6.30. The maximum absolute atomic E-state index is 12.5. The zero-order valence-electron chi connectivity index (χ0n) is 11.4. The number of carbonyl (C=O) groups excluding carboxylic acids is 1. The van der Waals surface area contributed by atoms with Gasteiger partial charge in [0.05, 0.1) is 12.0 Å². The minimum atomic E-state index is -4.33. The largest absolute Gasteiger partial charge is 0.416 e. The fourth-order valence-electron chi connectivity index (χ4n) is 1.86. The molecule has 0 radical (unpaired) electrons. The fourth-order valence-corrected chi connectivity index (χ4v) is 2.53. The van der Waals surface area contributed by atoms with Crippen molar-refractivity contribution in [2.24, 2.45) is 0 Å². The third kappa shape index (κ3) is 4.32. The highest BCUT2D eigenvalue weighted by atomic mass is 32.1. The summed E-state index contributed by atoms with van der Waals surface area (Å²) in [6.07, 6.45) is -4.03. The maximum Gasteiger partial charge on any atom is 0.416 e. The van der Waals surface area contributed by atoms with Crippen molar-refractivity contribution in [3.05, 3.63) is 57.8 Å². The van der Waals surface area contributed by atoms with Gasteiger partial charge in [0.25, 0.3) is 0 Å². The summed E-state index contributed by atoms with van der Waals surface area (Å²) < 4.78 is 37.4. The standard InChI is InChI=1S/C15H14F3NOS/c1-19(14(20)8-12-6-7-21-10-12)9-11-2-4-13(5-3-11)15(16,17)18/h2-7,10H,8-9H2,1H3. The van der Waals surface area contributed by atoms with Gasteiger partial charge in [-0.2, -0.15) is 24.5 Å². The van der Waals surface area contributed by atoms with E-state index in [1.165, 1.54) is 28.4 Å². The summed E-state index contributed by atoms with van der Waals surface area (Å²) in [7, 11) is 1.65. The van der Waals surface area contributed by atoms with E-state index in [4.69, 9.17) is 0 Å². The lowest BCUT2D eigenvalue weighted by atomic mass is 10.1. The van der Waals surface area contributed by atoms with E-state index in [0.29, 0.717) is 18.5 Å². The number of carbonyl (C=O) groups is 1. The lowest BCUT2D eigenvalue weighted by Crippen LogP contribution is -2.27. The molecule has 0 aliphatic rings. The predicted molar refractivity (Wildman–Crippen MR) is 75.9 cm³/mol. The van der Waals surface area contributed by atoms with Gasteiger partial charge < -0.3 is 4.90 Å². The van der Waals surface area contributed by atoms with Crippen LogP contribution in [0.25, 0.3) is 0 Å². The lowest BCUT2D eigenvalue weighted by molar-refractivity contribution is -0.137. The van der Waals surface area contributed by atoms with Crippen LogP contribution < -0.4 is 0 Å². The van der Waals surface area contributed by atoms with Crippen molar-refractivity contribution in [1.82, 2.24) is 4.90 Å². The summed E-state index contributed by atoms with van der Waals surface area (Å²) >= 11 is 1.52. The molecule has 0 spiro atoms. The smallest absolute Gasteiger partial charge is 0.341 e. The number of likely N-dealkylation sites (N-methyl/N-ethyl adjacent to an activating group) is 1. The van der Waals surface area contributed by atoms with E-state index >= 15 is 0 Å². The zero-order valence-corrected chi connectivity index (χ0v) is 12.2. The third-order valence-corrected chi connectivity index (χ3v) is 3.79. The van der Waals surface area contributed by atoms with Gasteiger partial charge in [-0.15, -0.1) is 0 Å². The van der Waals surface area contributed by atoms with Crippen LogP contribution in [0.5, 0.6) is 0 Å². The third-order valence-electron chi connectivity index (χ3n) is 3.06. The number of benzene rings is 1. The molecule has 0 aliphatic heterocycles. The Morgan fingerprint density at radius 1 is 1.14 bits per heavy atom. The quantitative estimate of drug-likeness (QED) is 0.836. The first-order valence-corrected chi connectivity index (χ1v) is 7.22. The number of thiophene rings is 1. The highest BCUT2D eigenvalue weighted by Crippen LogP contribution is 2.29. The van der Waals surface area contributed by atoms with Crippen molar-refractivity contribution in [3.63, 3.8) is 0 Å². The molecule has 0 unspecified atom stereocenters. The van der Waals surface area contributed by atoms with Crippen LogP contribution in [0.2, 0.25) is 0 Å². The topological polar surface area (TPSA) is 20.3 Å². The molecule has 0 N–H and O–H groups in total. The van der Waals surface area contributed by atoms with Gasteiger partial charge >= 0.3 is 6.18 Å². The monoisotopic (exact) mass is 313 g/mol. The minimum Gasteiger partial charge on any atom is -0.341 e. The van der Waals surface area contributed by atoms with Crippen molar-refractivity contribution >= 4 is 17.2 Å². The molecule has 1 amide bonds. The van der Waals surface area contributed by atoms with Crippen molar-refractivity contribution in [1.29, 1.82) is 0 Å². The Bertz CT molecular complexity index is 590. The first-order chi connectivity index (χ1) is 9.86.